The van der Waals surface area contributed by atoms with Crippen LogP contribution in [0.15, 0.2) is 11.4 Å². The molecule has 1 aromatic heterocycles. The molecule has 13 heavy (non-hydrogen) atoms. The molecule has 0 aliphatic heterocycles. The van der Waals surface area contributed by atoms with E-state index in [-0.39, 0.29) is 0 Å². The molecule has 0 aliphatic carbocycles. The molecule has 2 unspecified atom stereocenters. The summed E-state index contributed by atoms with van der Waals surface area (Å²) < 4.78 is 0. The maximum atomic E-state index is 10.4. The van der Waals surface area contributed by atoms with Gasteiger partial charge in [0.1, 0.15) is 12.1 Å². The zero-order chi connectivity index (χ0) is 10.0. The average Bonchev–Trinajstić information content (AvgIpc) is 2.49. The van der Waals surface area contributed by atoms with Crippen molar-refractivity contribution in [3.63, 3.8) is 0 Å². The van der Waals surface area contributed by atoms with Gasteiger partial charge in [0, 0.05) is 10.3 Å². The van der Waals surface area contributed by atoms with Gasteiger partial charge in [0.25, 0.3) is 0 Å². The minimum absolute atomic E-state index is 0.458. The summed E-state index contributed by atoms with van der Waals surface area (Å²) in [7, 11) is 0. The lowest BCUT2D eigenvalue weighted by molar-refractivity contribution is -0.141. The van der Waals surface area contributed by atoms with Crippen molar-refractivity contribution < 1.29 is 15.0 Å². The third-order valence-corrected chi connectivity index (χ3v) is 2.86. The van der Waals surface area contributed by atoms with E-state index in [0.717, 1.165) is 0 Å². The van der Waals surface area contributed by atoms with Crippen LogP contribution in [-0.2, 0) is 4.79 Å². The lowest BCUT2D eigenvalue weighted by atomic mass is 10.1. The number of rotatable bonds is 3. The van der Waals surface area contributed by atoms with Gasteiger partial charge in [-0.05, 0) is 6.07 Å². The van der Waals surface area contributed by atoms with Crippen molar-refractivity contribution in [2.45, 2.75) is 12.1 Å². The largest absolute Gasteiger partial charge is 0.480 e. The topological polar surface area (TPSA) is 83.6 Å². The minimum atomic E-state index is -1.31. The summed E-state index contributed by atoms with van der Waals surface area (Å²) in [6.07, 6.45) is -1.20. The van der Waals surface area contributed by atoms with E-state index in [4.69, 9.17) is 22.4 Å². The Hall–Kier alpha value is -0.620. The Bertz CT molecular complexity index is 314. The van der Waals surface area contributed by atoms with E-state index in [2.05, 4.69) is 0 Å². The molecule has 0 aliphatic rings. The molecule has 1 aromatic rings. The zero-order valence-electron chi connectivity index (χ0n) is 6.48. The molecular weight excluding hydrogens is 214 g/mol. The second-order valence-electron chi connectivity index (χ2n) is 2.48. The van der Waals surface area contributed by atoms with E-state index in [1.807, 2.05) is 0 Å². The number of carbonyl (C=O) groups is 1. The van der Waals surface area contributed by atoms with E-state index in [0.29, 0.717) is 9.90 Å². The molecule has 0 aromatic carbocycles. The Labute approximate surface area is 83.6 Å². The van der Waals surface area contributed by atoms with E-state index in [1.165, 1.54) is 17.4 Å². The van der Waals surface area contributed by atoms with Gasteiger partial charge in [0.2, 0.25) is 0 Å². The van der Waals surface area contributed by atoms with Crippen LogP contribution in [0.2, 0.25) is 5.02 Å². The molecule has 0 radical (unpaired) electrons. The molecule has 0 saturated carbocycles. The highest BCUT2D eigenvalue weighted by Gasteiger charge is 2.24. The van der Waals surface area contributed by atoms with Crippen LogP contribution in [0.5, 0.6) is 0 Å². The molecule has 1 rings (SSSR count). The highest BCUT2D eigenvalue weighted by Crippen LogP contribution is 2.26. The van der Waals surface area contributed by atoms with Crippen LogP contribution in [0.25, 0.3) is 0 Å². The smallest absolute Gasteiger partial charge is 0.323 e. The van der Waals surface area contributed by atoms with Crippen LogP contribution in [0.1, 0.15) is 11.0 Å². The summed E-state index contributed by atoms with van der Waals surface area (Å²) in [5, 5.41) is 20.0. The highest BCUT2D eigenvalue weighted by atomic mass is 35.5. The van der Waals surface area contributed by atoms with E-state index >= 15 is 0 Å². The van der Waals surface area contributed by atoms with Crippen molar-refractivity contribution in [3.8, 4) is 0 Å². The number of aliphatic carboxylic acids is 1. The quantitative estimate of drug-likeness (QED) is 0.707. The predicted molar refractivity (Wildman–Crippen MR) is 49.9 cm³/mol. The number of aliphatic hydroxyl groups is 1. The van der Waals surface area contributed by atoms with Crippen LogP contribution in [0.3, 0.4) is 0 Å². The fraction of sp³-hybridized carbons (Fsp3) is 0.286. The molecule has 0 spiro atoms. The minimum Gasteiger partial charge on any atom is -0.480 e. The summed E-state index contributed by atoms with van der Waals surface area (Å²) >= 11 is 6.78. The van der Waals surface area contributed by atoms with Gasteiger partial charge < -0.3 is 15.9 Å². The summed E-state index contributed by atoms with van der Waals surface area (Å²) in [5.41, 5.74) is 5.22. The lowest BCUT2D eigenvalue weighted by Crippen LogP contribution is -2.36. The third-order valence-electron chi connectivity index (χ3n) is 1.50. The molecule has 2 atom stereocenters. The fourth-order valence-corrected chi connectivity index (χ4v) is 1.91. The number of aliphatic hydroxyl groups excluding tert-OH is 1. The molecule has 0 bridgehead atoms. The van der Waals surface area contributed by atoms with E-state index in [9.17, 15) is 9.90 Å². The predicted octanol–water partition coefficient (Wildman–Crippen LogP) is 0.847. The van der Waals surface area contributed by atoms with Crippen molar-refractivity contribution in [3.05, 3.63) is 21.3 Å². The second-order valence-corrected chi connectivity index (χ2v) is 3.86. The van der Waals surface area contributed by atoms with Gasteiger partial charge in [-0.1, -0.05) is 11.6 Å². The van der Waals surface area contributed by atoms with Gasteiger partial charge in [0.15, 0.2) is 0 Å². The van der Waals surface area contributed by atoms with Gasteiger partial charge >= 0.3 is 5.97 Å². The van der Waals surface area contributed by atoms with E-state index in [1.54, 1.807) is 5.38 Å². The van der Waals surface area contributed by atoms with Crippen molar-refractivity contribution >= 4 is 28.9 Å². The Morgan fingerprint density at radius 3 is 2.69 bits per heavy atom. The molecule has 1 heterocycles. The molecule has 72 valence electrons. The van der Waals surface area contributed by atoms with Gasteiger partial charge in [0.05, 0.1) is 5.02 Å². The summed E-state index contributed by atoms with van der Waals surface area (Å²) in [4.78, 5) is 10.9. The number of thiophene rings is 1. The van der Waals surface area contributed by atoms with Crippen molar-refractivity contribution in [1.82, 2.24) is 0 Å². The first-order valence-corrected chi connectivity index (χ1v) is 4.68. The summed E-state index contributed by atoms with van der Waals surface area (Å²) in [5.74, 6) is -1.24. The van der Waals surface area contributed by atoms with Crippen LogP contribution >= 0.6 is 22.9 Å². The number of carboxylic acid groups (broad SMARTS) is 1. The van der Waals surface area contributed by atoms with Gasteiger partial charge in [-0.2, -0.15) is 0 Å². The molecule has 4 nitrogen and oxygen atoms in total. The van der Waals surface area contributed by atoms with Crippen molar-refractivity contribution in [2.24, 2.45) is 5.73 Å². The highest BCUT2D eigenvalue weighted by molar-refractivity contribution is 7.10. The maximum Gasteiger partial charge on any atom is 0.323 e. The molecule has 0 amide bonds. The molecular formula is C7H8ClNO3S. The molecule has 4 N–H and O–H groups in total. The summed E-state index contributed by atoms with van der Waals surface area (Å²) in [6.45, 7) is 0. The SMILES string of the molecule is NC(C(=O)O)C(O)c1cc(Cl)cs1. The van der Waals surface area contributed by atoms with Gasteiger partial charge in [-0.15, -0.1) is 11.3 Å². The number of hydrogen-bond acceptors (Lipinski definition) is 4. The standard InChI is InChI=1S/C7H8ClNO3S/c8-3-1-4(13-2-3)6(10)5(9)7(11)12/h1-2,5-6,10H,9H2,(H,11,12). The number of carboxylic acids is 1. The van der Waals surface area contributed by atoms with Crippen LogP contribution < -0.4 is 5.73 Å². The second kappa shape index (κ2) is 4.06. The van der Waals surface area contributed by atoms with Crippen molar-refractivity contribution in [1.29, 1.82) is 0 Å². The van der Waals surface area contributed by atoms with Gasteiger partial charge in [-0.3, -0.25) is 4.79 Å². The number of nitrogens with two attached hydrogens (primary N) is 1. The first-order chi connectivity index (χ1) is 6.02. The molecule has 0 saturated heterocycles. The normalized spacial score (nSPS) is 15.3. The van der Waals surface area contributed by atoms with E-state index < -0.39 is 18.1 Å². The summed E-state index contributed by atoms with van der Waals surface area (Å²) in [6, 6.07) is 0.189. The monoisotopic (exact) mass is 221 g/mol. The zero-order valence-corrected chi connectivity index (χ0v) is 8.05. The first-order valence-electron chi connectivity index (χ1n) is 3.42. The molecule has 0 fully saturated rings. The number of halogens is 1. The Balaban J connectivity index is 2.78. The van der Waals surface area contributed by atoms with Gasteiger partial charge in [-0.25, -0.2) is 0 Å². The third kappa shape index (κ3) is 2.41. The van der Waals surface area contributed by atoms with Crippen LogP contribution in [0, 0.1) is 0 Å². The van der Waals surface area contributed by atoms with Crippen LogP contribution in [-0.4, -0.2) is 22.2 Å². The lowest BCUT2D eigenvalue weighted by Gasteiger charge is -2.12. The fourth-order valence-electron chi connectivity index (χ4n) is 0.795. The Morgan fingerprint density at radius 1 is 1.69 bits per heavy atom. The first kappa shape index (κ1) is 10.5. The Kier molecular flexibility index (Phi) is 3.27. The van der Waals surface area contributed by atoms with Crippen LogP contribution in [0.4, 0.5) is 0 Å². The Morgan fingerprint density at radius 2 is 2.31 bits per heavy atom. The maximum absolute atomic E-state index is 10.4. The molecule has 6 heteroatoms. The van der Waals surface area contributed by atoms with Crippen molar-refractivity contribution in [2.75, 3.05) is 0 Å². The number of hydrogen-bond donors (Lipinski definition) is 3. The average molecular weight is 222 g/mol.